The van der Waals surface area contributed by atoms with Crippen LogP contribution in [0, 0.1) is 0 Å². The zero-order chi connectivity index (χ0) is 13.8. The number of halogens is 4. The van der Waals surface area contributed by atoms with E-state index in [9.17, 15) is 21.6 Å². The van der Waals surface area contributed by atoms with E-state index in [1.807, 2.05) is 0 Å². The van der Waals surface area contributed by atoms with Crippen LogP contribution in [0.4, 0.5) is 13.2 Å². The van der Waals surface area contributed by atoms with Crippen LogP contribution in [0.2, 0.25) is 0 Å². The molecule has 0 aliphatic carbocycles. The van der Waals surface area contributed by atoms with Crippen molar-refractivity contribution in [3.63, 3.8) is 0 Å². The maximum atomic E-state index is 12.7. The minimum absolute atomic E-state index is 0.248. The Morgan fingerprint density at radius 2 is 1.72 bits per heavy atom. The summed E-state index contributed by atoms with van der Waals surface area (Å²) in [6, 6.07) is 4.21. The van der Waals surface area contributed by atoms with Crippen LogP contribution in [0.25, 0.3) is 0 Å². The molecule has 7 heteroatoms. The Hall–Kier alpha value is -0.750. The molecule has 0 aliphatic rings. The van der Waals surface area contributed by atoms with Gasteiger partial charge in [0.15, 0.2) is 9.84 Å². The fourth-order valence-corrected chi connectivity index (χ4v) is 3.27. The summed E-state index contributed by atoms with van der Waals surface area (Å²) in [6.45, 7) is 0. The van der Waals surface area contributed by atoms with Gasteiger partial charge in [-0.05, 0) is 25.0 Å². The molecular formula is C11H12ClF3O2S. The van der Waals surface area contributed by atoms with Crippen LogP contribution >= 0.6 is 11.6 Å². The second kappa shape index (κ2) is 5.93. The Balaban J connectivity index is 3.09. The van der Waals surface area contributed by atoms with Gasteiger partial charge in [0.1, 0.15) is 0 Å². The molecule has 0 spiro atoms. The molecular weight excluding hydrogens is 289 g/mol. The maximum Gasteiger partial charge on any atom is 0.417 e. The van der Waals surface area contributed by atoms with Gasteiger partial charge in [-0.2, -0.15) is 13.2 Å². The zero-order valence-corrected chi connectivity index (χ0v) is 10.9. The molecule has 18 heavy (non-hydrogen) atoms. The van der Waals surface area contributed by atoms with Crippen LogP contribution in [-0.4, -0.2) is 20.1 Å². The summed E-state index contributed by atoms with van der Waals surface area (Å²) < 4.78 is 61.7. The first-order valence-electron chi connectivity index (χ1n) is 5.24. The number of rotatable bonds is 5. The third kappa shape index (κ3) is 3.88. The fraction of sp³-hybridized carbons (Fsp3) is 0.455. The molecule has 0 radical (unpaired) electrons. The van der Waals surface area contributed by atoms with E-state index in [4.69, 9.17) is 11.6 Å². The lowest BCUT2D eigenvalue weighted by Gasteiger charge is -2.12. The third-order valence-corrected chi connectivity index (χ3v) is 4.44. The Kier molecular flexibility index (Phi) is 5.04. The molecule has 0 amide bonds. The van der Waals surface area contributed by atoms with Crippen LogP contribution in [0.1, 0.15) is 18.4 Å². The highest BCUT2D eigenvalue weighted by Crippen LogP contribution is 2.34. The van der Waals surface area contributed by atoms with Crippen molar-refractivity contribution in [2.45, 2.75) is 23.9 Å². The molecule has 0 N–H and O–H groups in total. The predicted octanol–water partition coefficient (Wildman–Crippen LogP) is 3.50. The van der Waals surface area contributed by atoms with E-state index in [-0.39, 0.29) is 18.1 Å². The molecule has 0 atom stereocenters. The predicted molar refractivity (Wildman–Crippen MR) is 63.5 cm³/mol. The number of sulfone groups is 1. The van der Waals surface area contributed by atoms with Crippen LogP contribution in [0.15, 0.2) is 29.2 Å². The highest BCUT2D eigenvalue weighted by molar-refractivity contribution is 7.91. The van der Waals surface area contributed by atoms with Gasteiger partial charge in [0.25, 0.3) is 0 Å². The molecule has 0 bridgehead atoms. The van der Waals surface area contributed by atoms with Crippen LogP contribution in [0.5, 0.6) is 0 Å². The summed E-state index contributed by atoms with van der Waals surface area (Å²) in [5.41, 5.74) is -1.11. The summed E-state index contributed by atoms with van der Waals surface area (Å²) in [7, 11) is -3.92. The Bertz CT molecular complexity index is 497. The van der Waals surface area contributed by atoms with Crippen molar-refractivity contribution in [1.29, 1.82) is 0 Å². The number of unbranched alkanes of at least 4 members (excludes halogenated alkanes) is 1. The van der Waals surface area contributed by atoms with Crippen molar-refractivity contribution in [3.05, 3.63) is 29.8 Å². The minimum Gasteiger partial charge on any atom is -0.224 e. The van der Waals surface area contributed by atoms with E-state index in [1.165, 1.54) is 12.1 Å². The zero-order valence-electron chi connectivity index (χ0n) is 9.37. The molecule has 0 aliphatic heterocycles. The van der Waals surface area contributed by atoms with Gasteiger partial charge in [0.05, 0.1) is 16.2 Å². The number of hydrogen-bond donors (Lipinski definition) is 0. The summed E-state index contributed by atoms with van der Waals surface area (Å²) in [4.78, 5) is -0.660. The van der Waals surface area contributed by atoms with Crippen molar-refractivity contribution < 1.29 is 21.6 Å². The monoisotopic (exact) mass is 300 g/mol. The quantitative estimate of drug-likeness (QED) is 0.616. The first-order chi connectivity index (χ1) is 8.29. The summed E-state index contributed by atoms with van der Waals surface area (Å²) >= 11 is 5.41. The van der Waals surface area contributed by atoms with Crippen molar-refractivity contribution in [1.82, 2.24) is 0 Å². The first kappa shape index (κ1) is 15.3. The highest BCUT2D eigenvalue weighted by Gasteiger charge is 2.36. The molecule has 1 aromatic rings. The smallest absolute Gasteiger partial charge is 0.224 e. The topological polar surface area (TPSA) is 34.1 Å². The average Bonchev–Trinajstić information content (AvgIpc) is 2.28. The Morgan fingerprint density at radius 1 is 1.11 bits per heavy atom. The lowest BCUT2D eigenvalue weighted by Crippen LogP contribution is -2.15. The molecule has 102 valence electrons. The molecule has 0 saturated heterocycles. The lowest BCUT2D eigenvalue weighted by atomic mass is 10.2. The lowest BCUT2D eigenvalue weighted by molar-refractivity contribution is -0.139. The van der Waals surface area contributed by atoms with E-state index < -0.39 is 26.5 Å². The van der Waals surface area contributed by atoms with Gasteiger partial charge in [-0.3, -0.25) is 0 Å². The van der Waals surface area contributed by atoms with Gasteiger partial charge >= 0.3 is 6.18 Å². The van der Waals surface area contributed by atoms with Gasteiger partial charge in [-0.1, -0.05) is 12.1 Å². The molecule has 0 aromatic heterocycles. The maximum absolute atomic E-state index is 12.7. The van der Waals surface area contributed by atoms with E-state index in [0.717, 1.165) is 12.1 Å². The second-order valence-corrected chi connectivity index (χ2v) is 6.16. The van der Waals surface area contributed by atoms with E-state index in [0.29, 0.717) is 6.42 Å². The molecule has 2 nitrogen and oxygen atoms in total. The van der Waals surface area contributed by atoms with Gasteiger partial charge in [-0.25, -0.2) is 8.42 Å². The van der Waals surface area contributed by atoms with Crippen LogP contribution in [-0.2, 0) is 16.0 Å². The third-order valence-electron chi connectivity index (χ3n) is 2.32. The summed E-state index contributed by atoms with van der Waals surface area (Å²) in [6.07, 6.45) is -3.97. The molecule has 0 heterocycles. The fourth-order valence-electron chi connectivity index (χ4n) is 1.47. The average molecular weight is 301 g/mol. The molecule has 1 aromatic carbocycles. The Morgan fingerprint density at radius 3 is 2.28 bits per heavy atom. The van der Waals surface area contributed by atoms with E-state index in [2.05, 4.69) is 0 Å². The largest absolute Gasteiger partial charge is 0.417 e. The normalized spacial score (nSPS) is 12.7. The van der Waals surface area contributed by atoms with Gasteiger partial charge in [0, 0.05) is 5.88 Å². The Labute approximate surface area is 109 Å². The van der Waals surface area contributed by atoms with E-state index >= 15 is 0 Å². The van der Waals surface area contributed by atoms with Crippen LogP contribution < -0.4 is 0 Å². The SMILES string of the molecule is O=S(=O)(CCCCCl)c1ccccc1C(F)(F)F. The van der Waals surface area contributed by atoms with Gasteiger partial charge < -0.3 is 0 Å². The molecule has 0 fully saturated rings. The van der Waals surface area contributed by atoms with Crippen molar-refractivity contribution >= 4 is 21.4 Å². The second-order valence-electron chi connectivity index (χ2n) is 3.71. The van der Waals surface area contributed by atoms with Crippen molar-refractivity contribution in [2.24, 2.45) is 0 Å². The summed E-state index contributed by atoms with van der Waals surface area (Å²) in [5.74, 6) is -0.0384. The number of hydrogen-bond acceptors (Lipinski definition) is 2. The van der Waals surface area contributed by atoms with Crippen molar-refractivity contribution in [2.75, 3.05) is 11.6 Å². The number of alkyl halides is 4. The highest BCUT2D eigenvalue weighted by atomic mass is 35.5. The molecule has 0 saturated carbocycles. The minimum atomic E-state index is -4.67. The molecule has 1 rings (SSSR count). The summed E-state index contributed by atoms with van der Waals surface area (Å²) in [5, 5.41) is 0. The standard InChI is InChI=1S/C11H12ClF3O2S/c12-7-3-4-8-18(16,17)10-6-2-1-5-9(10)11(13,14)15/h1-2,5-6H,3-4,7-8H2. The van der Waals surface area contributed by atoms with Gasteiger partial charge in [0.2, 0.25) is 0 Å². The first-order valence-corrected chi connectivity index (χ1v) is 7.42. The van der Waals surface area contributed by atoms with Gasteiger partial charge in [-0.15, -0.1) is 11.6 Å². The van der Waals surface area contributed by atoms with Crippen LogP contribution in [0.3, 0.4) is 0 Å². The van der Waals surface area contributed by atoms with Crippen molar-refractivity contribution in [3.8, 4) is 0 Å². The van der Waals surface area contributed by atoms with E-state index in [1.54, 1.807) is 0 Å². The number of benzene rings is 1. The molecule has 0 unspecified atom stereocenters.